The molecule has 1 aromatic heterocycles. The molecule has 0 amide bonds. The van der Waals surface area contributed by atoms with Crippen molar-refractivity contribution in [3.05, 3.63) is 34.2 Å². The number of H-pyrrole nitrogens is 2. The second-order valence-electron chi connectivity index (χ2n) is 5.20. The minimum absolute atomic E-state index is 0.00741. The number of aromatic amines is 2. The normalized spacial score (nSPS) is 21.0. The summed E-state index contributed by atoms with van der Waals surface area (Å²) in [6, 6.07) is 5.82. The van der Waals surface area contributed by atoms with E-state index >= 15 is 0 Å². The van der Waals surface area contributed by atoms with Crippen LogP contribution in [0.5, 0.6) is 0 Å². The number of nitrogens with two attached hydrogens (primary N) is 1. The van der Waals surface area contributed by atoms with Gasteiger partial charge in [0.15, 0.2) is 0 Å². The monoisotopic (exact) mass is 261 g/mol. The molecule has 1 saturated heterocycles. The summed E-state index contributed by atoms with van der Waals surface area (Å²) in [7, 11) is 0. The molecule has 3 rings (SSSR count). The predicted molar refractivity (Wildman–Crippen MR) is 74.1 cm³/mol. The number of hydrogen-bond acceptors (Lipinski definition) is 3. The second-order valence-corrected chi connectivity index (χ2v) is 5.20. The number of fused-ring (bicyclic) bond motifs is 1. The fourth-order valence-electron chi connectivity index (χ4n) is 2.68. The topological polar surface area (TPSA) is 83.9 Å². The standard InChI is InChI=1S/C14H19N3O2/c15-11(5-4-10-2-1-7-19-10)9-3-6-12-13(8-9)17-14(18)16-12/h3,6,8,10-11H,1-2,4-5,7,15H2,(H2,16,17,18). The Morgan fingerprint density at radius 2 is 2.21 bits per heavy atom. The molecule has 19 heavy (non-hydrogen) atoms. The van der Waals surface area contributed by atoms with Crippen LogP contribution in [0, 0.1) is 0 Å². The van der Waals surface area contributed by atoms with Gasteiger partial charge < -0.3 is 20.4 Å². The minimum atomic E-state index is -0.180. The SMILES string of the molecule is NC(CCC1CCCO1)c1ccc2[nH]c(=O)[nH]c2c1. The third-order valence-electron chi connectivity index (χ3n) is 3.79. The highest BCUT2D eigenvalue weighted by Gasteiger charge is 2.17. The summed E-state index contributed by atoms with van der Waals surface area (Å²) in [6.07, 6.45) is 4.60. The van der Waals surface area contributed by atoms with Crippen molar-refractivity contribution < 1.29 is 4.74 Å². The number of nitrogens with one attached hydrogen (secondary N) is 2. The lowest BCUT2D eigenvalue weighted by Crippen LogP contribution is -2.14. The summed E-state index contributed by atoms with van der Waals surface area (Å²) in [5.74, 6) is 0. The number of ether oxygens (including phenoxy) is 1. The van der Waals surface area contributed by atoms with Gasteiger partial charge in [-0.2, -0.15) is 0 Å². The molecule has 5 nitrogen and oxygen atoms in total. The first-order valence-electron chi connectivity index (χ1n) is 6.81. The molecular formula is C14H19N3O2. The van der Waals surface area contributed by atoms with E-state index in [9.17, 15) is 4.79 Å². The highest BCUT2D eigenvalue weighted by Crippen LogP contribution is 2.23. The van der Waals surface area contributed by atoms with E-state index in [1.807, 2.05) is 18.2 Å². The van der Waals surface area contributed by atoms with E-state index in [-0.39, 0.29) is 11.7 Å². The van der Waals surface area contributed by atoms with Gasteiger partial charge in [-0.3, -0.25) is 0 Å². The van der Waals surface area contributed by atoms with Gasteiger partial charge in [0.2, 0.25) is 0 Å². The lowest BCUT2D eigenvalue weighted by Gasteiger charge is -2.15. The Bertz CT molecular complexity index is 610. The van der Waals surface area contributed by atoms with E-state index in [1.54, 1.807) is 0 Å². The van der Waals surface area contributed by atoms with E-state index in [1.165, 1.54) is 0 Å². The van der Waals surface area contributed by atoms with Crippen molar-refractivity contribution in [3.63, 3.8) is 0 Å². The fourth-order valence-corrected chi connectivity index (χ4v) is 2.68. The van der Waals surface area contributed by atoms with E-state index in [2.05, 4.69) is 9.97 Å². The third-order valence-corrected chi connectivity index (χ3v) is 3.79. The van der Waals surface area contributed by atoms with Crippen LogP contribution >= 0.6 is 0 Å². The molecule has 0 radical (unpaired) electrons. The molecule has 0 saturated carbocycles. The average Bonchev–Trinajstić information content (AvgIpc) is 3.02. The summed E-state index contributed by atoms with van der Waals surface area (Å²) in [4.78, 5) is 16.7. The van der Waals surface area contributed by atoms with Crippen LogP contribution in [0.1, 0.15) is 37.3 Å². The van der Waals surface area contributed by atoms with Crippen molar-refractivity contribution in [2.75, 3.05) is 6.61 Å². The molecular weight excluding hydrogens is 242 g/mol. The average molecular weight is 261 g/mol. The molecule has 1 aromatic carbocycles. The van der Waals surface area contributed by atoms with Crippen LogP contribution in [0.4, 0.5) is 0 Å². The first-order valence-corrected chi connectivity index (χ1v) is 6.81. The highest BCUT2D eigenvalue weighted by atomic mass is 16.5. The molecule has 0 spiro atoms. The molecule has 2 aromatic rings. The number of aromatic nitrogens is 2. The number of hydrogen-bond donors (Lipinski definition) is 3. The minimum Gasteiger partial charge on any atom is -0.378 e. The summed E-state index contributed by atoms with van der Waals surface area (Å²) >= 11 is 0. The molecule has 1 fully saturated rings. The van der Waals surface area contributed by atoms with Gasteiger partial charge in [0.1, 0.15) is 0 Å². The first-order chi connectivity index (χ1) is 9.22. The molecule has 2 atom stereocenters. The summed E-state index contributed by atoms with van der Waals surface area (Å²) in [5, 5.41) is 0. The second kappa shape index (κ2) is 5.19. The molecule has 102 valence electrons. The largest absolute Gasteiger partial charge is 0.378 e. The van der Waals surface area contributed by atoms with Crippen molar-refractivity contribution >= 4 is 11.0 Å². The molecule has 2 heterocycles. The van der Waals surface area contributed by atoms with E-state index in [4.69, 9.17) is 10.5 Å². The summed E-state index contributed by atoms with van der Waals surface area (Å²) in [6.45, 7) is 0.885. The zero-order valence-corrected chi connectivity index (χ0v) is 10.8. The van der Waals surface area contributed by atoms with E-state index in [0.29, 0.717) is 6.10 Å². The molecule has 0 aliphatic carbocycles. The van der Waals surface area contributed by atoms with Crippen molar-refractivity contribution in [1.29, 1.82) is 0 Å². The highest BCUT2D eigenvalue weighted by molar-refractivity contribution is 5.75. The van der Waals surface area contributed by atoms with Crippen LogP contribution in [0.25, 0.3) is 11.0 Å². The van der Waals surface area contributed by atoms with Gasteiger partial charge in [-0.15, -0.1) is 0 Å². The van der Waals surface area contributed by atoms with Crippen LogP contribution in [0.2, 0.25) is 0 Å². The Labute approximate surface area is 111 Å². The fraction of sp³-hybridized carbons (Fsp3) is 0.500. The number of benzene rings is 1. The predicted octanol–water partition coefficient (Wildman–Crippen LogP) is 1.82. The van der Waals surface area contributed by atoms with Crippen molar-refractivity contribution in [2.45, 2.75) is 37.8 Å². The molecule has 5 heteroatoms. The van der Waals surface area contributed by atoms with Gasteiger partial charge in [-0.25, -0.2) is 4.79 Å². The zero-order chi connectivity index (χ0) is 13.2. The van der Waals surface area contributed by atoms with Gasteiger partial charge in [-0.1, -0.05) is 6.07 Å². The Balaban J connectivity index is 1.69. The maximum Gasteiger partial charge on any atom is 0.323 e. The first kappa shape index (κ1) is 12.4. The van der Waals surface area contributed by atoms with Crippen molar-refractivity contribution in [3.8, 4) is 0 Å². The Hall–Kier alpha value is -1.59. The molecule has 4 N–H and O–H groups in total. The Kier molecular flexibility index (Phi) is 3.40. The quantitative estimate of drug-likeness (QED) is 0.784. The van der Waals surface area contributed by atoms with Gasteiger partial charge in [-0.05, 0) is 43.4 Å². The molecule has 2 unspecified atom stereocenters. The Morgan fingerprint density at radius 1 is 1.37 bits per heavy atom. The maximum absolute atomic E-state index is 11.2. The lowest BCUT2D eigenvalue weighted by atomic mass is 10.00. The molecule has 0 bridgehead atoms. The van der Waals surface area contributed by atoms with Crippen molar-refractivity contribution in [2.24, 2.45) is 5.73 Å². The molecule has 1 aliphatic rings. The smallest absolute Gasteiger partial charge is 0.323 e. The van der Waals surface area contributed by atoms with Crippen LogP contribution in [-0.2, 0) is 4.74 Å². The summed E-state index contributed by atoms with van der Waals surface area (Å²) < 4.78 is 5.60. The van der Waals surface area contributed by atoms with Gasteiger partial charge in [0, 0.05) is 12.6 Å². The summed E-state index contributed by atoms with van der Waals surface area (Å²) in [5.41, 5.74) is 8.72. The Morgan fingerprint density at radius 3 is 3.00 bits per heavy atom. The lowest BCUT2D eigenvalue weighted by molar-refractivity contribution is 0.101. The van der Waals surface area contributed by atoms with E-state index < -0.39 is 0 Å². The van der Waals surface area contributed by atoms with Crippen LogP contribution < -0.4 is 11.4 Å². The van der Waals surface area contributed by atoms with E-state index in [0.717, 1.165) is 48.9 Å². The van der Waals surface area contributed by atoms with Gasteiger partial charge in [0.05, 0.1) is 17.1 Å². The van der Waals surface area contributed by atoms with Crippen LogP contribution in [0.3, 0.4) is 0 Å². The number of imidazole rings is 1. The third kappa shape index (κ3) is 2.72. The molecule has 1 aliphatic heterocycles. The maximum atomic E-state index is 11.2. The van der Waals surface area contributed by atoms with Crippen LogP contribution in [-0.4, -0.2) is 22.7 Å². The van der Waals surface area contributed by atoms with Crippen LogP contribution in [0.15, 0.2) is 23.0 Å². The number of rotatable bonds is 4. The van der Waals surface area contributed by atoms with Gasteiger partial charge in [0.25, 0.3) is 0 Å². The van der Waals surface area contributed by atoms with Gasteiger partial charge >= 0.3 is 5.69 Å². The van der Waals surface area contributed by atoms with Crippen molar-refractivity contribution in [1.82, 2.24) is 9.97 Å². The zero-order valence-electron chi connectivity index (χ0n) is 10.8.